The highest BCUT2D eigenvalue weighted by molar-refractivity contribution is 6.62. The second-order valence-electron chi connectivity index (χ2n) is 13.2. The molecule has 0 amide bonds. The van der Waals surface area contributed by atoms with E-state index in [4.69, 9.17) is 9.31 Å². The van der Waals surface area contributed by atoms with Crippen LogP contribution in [0.25, 0.3) is 0 Å². The molecule has 0 aromatic heterocycles. The van der Waals surface area contributed by atoms with Gasteiger partial charge in [-0.25, -0.2) is 4.39 Å². The van der Waals surface area contributed by atoms with E-state index in [9.17, 15) is 0 Å². The van der Waals surface area contributed by atoms with Gasteiger partial charge in [-0.05, 0) is 86.1 Å². The summed E-state index contributed by atoms with van der Waals surface area (Å²) < 4.78 is 27.9. The van der Waals surface area contributed by atoms with Gasteiger partial charge in [0.1, 0.15) is 5.82 Å². The van der Waals surface area contributed by atoms with Gasteiger partial charge < -0.3 is 14.2 Å². The minimum atomic E-state index is -0.746. The zero-order valence-electron chi connectivity index (χ0n) is 24.1. The third-order valence-corrected chi connectivity index (χ3v) is 7.73. The predicted octanol–water partition coefficient (Wildman–Crippen LogP) is 8.19. The maximum atomic E-state index is 15.7. The summed E-state index contributed by atoms with van der Waals surface area (Å²) in [7, 11) is -0.746. The first-order valence-corrected chi connectivity index (χ1v) is 13.2. The Bertz CT molecular complexity index is 1180. The molecule has 1 heterocycles. The summed E-state index contributed by atoms with van der Waals surface area (Å²) in [6.45, 7) is 21.1. The monoisotopic (exact) mass is 501 g/mol. The molecule has 1 saturated heterocycles. The Balaban J connectivity index is 1.76. The smallest absolute Gasteiger partial charge is 0.399 e. The Morgan fingerprint density at radius 1 is 0.622 bits per heavy atom. The molecule has 3 aromatic carbocycles. The number of benzene rings is 3. The normalized spacial score (nSPS) is 17.2. The van der Waals surface area contributed by atoms with Crippen molar-refractivity contribution in [2.75, 3.05) is 4.90 Å². The summed E-state index contributed by atoms with van der Waals surface area (Å²) in [5, 5.41) is 0. The SMILES string of the molecule is CC(C)(C)c1ccc(N(c2ccc(C(C)(C)C)cc2)c2ccc(B3OC(C)(C)C(C)(C)O3)c(F)c2)cc1. The first-order chi connectivity index (χ1) is 17.0. The Morgan fingerprint density at radius 3 is 1.35 bits per heavy atom. The molecule has 5 heteroatoms. The van der Waals surface area contributed by atoms with Gasteiger partial charge >= 0.3 is 7.12 Å². The molecule has 3 aromatic rings. The van der Waals surface area contributed by atoms with E-state index in [-0.39, 0.29) is 16.6 Å². The number of hydrogen-bond donors (Lipinski definition) is 0. The van der Waals surface area contributed by atoms with Gasteiger partial charge in [-0.1, -0.05) is 71.9 Å². The fourth-order valence-electron chi connectivity index (χ4n) is 4.48. The Morgan fingerprint density at radius 2 is 1.00 bits per heavy atom. The summed E-state index contributed by atoms with van der Waals surface area (Å²) in [6, 6.07) is 22.4. The molecule has 0 aliphatic carbocycles. The third-order valence-electron chi connectivity index (χ3n) is 7.73. The maximum Gasteiger partial charge on any atom is 0.497 e. The van der Waals surface area contributed by atoms with Crippen molar-refractivity contribution in [3.8, 4) is 0 Å². The van der Waals surface area contributed by atoms with Crippen molar-refractivity contribution in [1.29, 1.82) is 0 Å². The number of halogens is 1. The molecule has 196 valence electrons. The number of rotatable bonds is 4. The van der Waals surface area contributed by atoms with Crippen LogP contribution in [0.4, 0.5) is 21.5 Å². The van der Waals surface area contributed by atoms with Gasteiger partial charge in [0.05, 0.1) is 11.2 Å². The lowest BCUT2D eigenvalue weighted by atomic mass is 9.78. The van der Waals surface area contributed by atoms with Crippen molar-refractivity contribution in [3.63, 3.8) is 0 Å². The summed E-state index contributed by atoms with van der Waals surface area (Å²) in [5.41, 5.74) is 4.64. The van der Waals surface area contributed by atoms with Crippen LogP contribution in [0.15, 0.2) is 66.7 Å². The molecular formula is C32H41BFNO2. The van der Waals surface area contributed by atoms with E-state index in [0.717, 1.165) is 17.1 Å². The average molecular weight is 501 g/mol. The van der Waals surface area contributed by atoms with Crippen LogP contribution in [-0.2, 0) is 20.1 Å². The largest absolute Gasteiger partial charge is 0.497 e. The van der Waals surface area contributed by atoms with Crippen LogP contribution in [0.2, 0.25) is 0 Å². The number of hydrogen-bond acceptors (Lipinski definition) is 3. The van der Waals surface area contributed by atoms with Gasteiger partial charge in [-0.15, -0.1) is 0 Å². The van der Waals surface area contributed by atoms with Crippen LogP contribution in [0, 0.1) is 5.82 Å². The van der Waals surface area contributed by atoms with Gasteiger partial charge in [0, 0.05) is 22.5 Å². The first kappa shape index (κ1) is 27.4. The van der Waals surface area contributed by atoms with E-state index in [0.29, 0.717) is 5.46 Å². The van der Waals surface area contributed by atoms with E-state index in [1.165, 1.54) is 11.1 Å². The lowest BCUT2D eigenvalue weighted by Gasteiger charge is -2.32. The van der Waals surface area contributed by atoms with Crippen LogP contribution in [-0.4, -0.2) is 18.3 Å². The van der Waals surface area contributed by atoms with Crippen molar-refractivity contribution in [1.82, 2.24) is 0 Å². The van der Waals surface area contributed by atoms with Gasteiger partial charge in [-0.2, -0.15) is 0 Å². The van der Waals surface area contributed by atoms with Crippen LogP contribution < -0.4 is 10.4 Å². The quantitative estimate of drug-likeness (QED) is 0.337. The lowest BCUT2D eigenvalue weighted by Crippen LogP contribution is -2.41. The second-order valence-corrected chi connectivity index (χ2v) is 13.2. The zero-order chi connectivity index (χ0) is 27.4. The molecule has 0 spiro atoms. The predicted molar refractivity (Wildman–Crippen MR) is 154 cm³/mol. The van der Waals surface area contributed by atoms with Crippen molar-refractivity contribution in [3.05, 3.63) is 83.7 Å². The molecule has 1 aliphatic rings. The van der Waals surface area contributed by atoms with Gasteiger partial charge in [0.25, 0.3) is 0 Å². The molecule has 4 rings (SSSR count). The van der Waals surface area contributed by atoms with Crippen molar-refractivity contribution in [2.45, 2.75) is 91.3 Å². The van der Waals surface area contributed by atoms with Crippen LogP contribution in [0.1, 0.15) is 80.4 Å². The summed E-state index contributed by atoms with van der Waals surface area (Å²) in [4.78, 5) is 2.09. The molecule has 0 unspecified atom stereocenters. The molecule has 0 bridgehead atoms. The van der Waals surface area contributed by atoms with E-state index < -0.39 is 18.3 Å². The second kappa shape index (κ2) is 9.29. The lowest BCUT2D eigenvalue weighted by molar-refractivity contribution is 0.00578. The third kappa shape index (κ3) is 5.49. The number of nitrogens with zero attached hydrogens (tertiary/aromatic N) is 1. The standard InChI is InChI=1S/C32H41BFNO2/c1-29(2,3)22-11-15-24(16-12-22)35(25-17-13-23(14-18-25)30(4,5)6)26-19-20-27(28(34)21-26)33-36-31(7,8)32(9,10)37-33/h11-21H,1-10H3. The fourth-order valence-corrected chi connectivity index (χ4v) is 4.48. The van der Waals surface area contributed by atoms with Gasteiger partial charge in [0.15, 0.2) is 0 Å². The highest BCUT2D eigenvalue weighted by Crippen LogP contribution is 2.39. The fraction of sp³-hybridized carbons (Fsp3) is 0.438. The van der Waals surface area contributed by atoms with Crippen LogP contribution in [0.3, 0.4) is 0 Å². The topological polar surface area (TPSA) is 21.7 Å². The summed E-state index contributed by atoms with van der Waals surface area (Å²) >= 11 is 0. The molecular weight excluding hydrogens is 460 g/mol. The number of anilines is 3. The molecule has 0 radical (unpaired) electrons. The van der Waals surface area contributed by atoms with Crippen molar-refractivity contribution >= 4 is 29.6 Å². The average Bonchev–Trinajstić information content (AvgIpc) is 3.00. The highest BCUT2D eigenvalue weighted by atomic mass is 19.1. The zero-order valence-corrected chi connectivity index (χ0v) is 24.1. The van der Waals surface area contributed by atoms with Crippen LogP contribution in [0.5, 0.6) is 0 Å². The van der Waals surface area contributed by atoms with Gasteiger partial charge in [-0.3, -0.25) is 0 Å². The van der Waals surface area contributed by atoms with E-state index >= 15 is 4.39 Å². The maximum absolute atomic E-state index is 15.7. The first-order valence-electron chi connectivity index (χ1n) is 13.2. The minimum absolute atomic E-state index is 0.0499. The molecule has 1 fully saturated rings. The molecule has 37 heavy (non-hydrogen) atoms. The van der Waals surface area contributed by atoms with Gasteiger partial charge in [0.2, 0.25) is 0 Å². The van der Waals surface area contributed by atoms with Crippen molar-refractivity contribution < 1.29 is 13.7 Å². The van der Waals surface area contributed by atoms with E-state index in [1.807, 2.05) is 33.8 Å². The Kier molecular flexibility index (Phi) is 6.88. The molecule has 1 aliphatic heterocycles. The Labute approximate surface area is 223 Å². The van der Waals surface area contributed by atoms with E-state index in [1.54, 1.807) is 12.1 Å². The molecule has 0 N–H and O–H groups in total. The van der Waals surface area contributed by atoms with Crippen molar-refractivity contribution in [2.24, 2.45) is 0 Å². The molecule has 0 atom stereocenters. The molecule has 3 nitrogen and oxygen atoms in total. The van der Waals surface area contributed by atoms with E-state index in [2.05, 4.69) is 95.0 Å². The molecule has 0 saturated carbocycles. The highest BCUT2D eigenvalue weighted by Gasteiger charge is 2.52. The minimum Gasteiger partial charge on any atom is -0.399 e. The van der Waals surface area contributed by atoms with Crippen LogP contribution >= 0.6 is 0 Å². The summed E-state index contributed by atoms with van der Waals surface area (Å²) in [5.74, 6) is -0.348. The Hall–Kier alpha value is -2.63. The summed E-state index contributed by atoms with van der Waals surface area (Å²) in [6.07, 6.45) is 0.